The Morgan fingerprint density at radius 3 is 2.08 bits per heavy atom. The highest BCUT2D eigenvalue weighted by atomic mass is 19.4. The number of halogens is 6. The van der Waals surface area contributed by atoms with Gasteiger partial charge in [0.05, 0.1) is 12.2 Å². The molecule has 0 fully saturated rings. The molecule has 0 aliphatic carbocycles. The molecular formula is C32H30F6O2. The first-order valence-corrected chi connectivity index (χ1v) is 13.3. The van der Waals surface area contributed by atoms with Crippen molar-refractivity contribution in [2.45, 2.75) is 58.2 Å². The molecule has 0 amide bonds. The molecule has 4 aromatic rings. The fourth-order valence-electron chi connectivity index (χ4n) is 4.63. The van der Waals surface area contributed by atoms with Crippen molar-refractivity contribution in [2.24, 2.45) is 0 Å². The molecule has 40 heavy (non-hydrogen) atoms. The molecule has 0 bridgehead atoms. The molecule has 4 aromatic carbocycles. The lowest BCUT2D eigenvalue weighted by Crippen LogP contribution is -2.17. The molecule has 0 saturated heterocycles. The van der Waals surface area contributed by atoms with E-state index in [0.717, 1.165) is 37.7 Å². The van der Waals surface area contributed by atoms with Gasteiger partial charge in [-0.05, 0) is 59.5 Å². The molecule has 0 aliphatic rings. The van der Waals surface area contributed by atoms with Crippen LogP contribution in [-0.2, 0) is 12.8 Å². The summed E-state index contributed by atoms with van der Waals surface area (Å²) in [5, 5.41) is 0.789. The van der Waals surface area contributed by atoms with Crippen LogP contribution in [0.2, 0.25) is 0 Å². The zero-order chi connectivity index (χ0) is 28.7. The third kappa shape index (κ3) is 7.71. The minimum atomic E-state index is -4.77. The van der Waals surface area contributed by atoms with Crippen molar-refractivity contribution < 1.29 is 35.8 Å². The molecule has 4 rings (SSSR count). The van der Waals surface area contributed by atoms with Crippen LogP contribution in [0.15, 0.2) is 66.7 Å². The van der Waals surface area contributed by atoms with Gasteiger partial charge in [-0.3, -0.25) is 0 Å². The third-order valence-electron chi connectivity index (χ3n) is 6.69. The molecule has 2 nitrogen and oxygen atoms in total. The van der Waals surface area contributed by atoms with Gasteiger partial charge in [0.2, 0.25) is 0 Å². The maximum absolute atomic E-state index is 15.3. The largest absolute Gasteiger partial charge is 0.573 e. The fourth-order valence-corrected chi connectivity index (χ4v) is 4.63. The van der Waals surface area contributed by atoms with E-state index in [4.69, 9.17) is 4.74 Å². The lowest BCUT2D eigenvalue weighted by atomic mass is 9.96. The molecule has 0 N–H and O–H groups in total. The summed E-state index contributed by atoms with van der Waals surface area (Å²) in [5.41, 5.74) is 1.21. The Morgan fingerprint density at radius 2 is 1.40 bits per heavy atom. The highest BCUT2D eigenvalue weighted by Gasteiger charge is 2.31. The molecule has 0 radical (unpaired) electrons. The minimum absolute atomic E-state index is 0.133. The second-order valence-corrected chi connectivity index (χ2v) is 9.69. The van der Waals surface area contributed by atoms with E-state index in [-0.39, 0.29) is 22.6 Å². The van der Waals surface area contributed by atoms with Gasteiger partial charge in [-0.25, -0.2) is 13.2 Å². The number of unbranched alkanes of at least 4 members (excludes halogenated alkanes) is 4. The lowest BCUT2D eigenvalue weighted by molar-refractivity contribution is -0.274. The second-order valence-electron chi connectivity index (χ2n) is 9.69. The van der Waals surface area contributed by atoms with Crippen LogP contribution in [0.1, 0.15) is 50.2 Å². The Bertz CT molecular complexity index is 1410. The topological polar surface area (TPSA) is 18.5 Å². The SMILES string of the molecule is CCCCCCCOc1cc(F)c(-c2ccc3c(F)c(CCc4ccc(OC(F)(F)F)cc4)ccc3c2)c(F)c1. The molecule has 8 heteroatoms. The average molecular weight is 561 g/mol. The monoisotopic (exact) mass is 560 g/mol. The first-order valence-electron chi connectivity index (χ1n) is 13.3. The molecule has 212 valence electrons. The van der Waals surface area contributed by atoms with Gasteiger partial charge >= 0.3 is 6.36 Å². The second kappa shape index (κ2) is 13.1. The van der Waals surface area contributed by atoms with Gasteiger partial charge in [-0.15, -0.1) is 13.2 Å². The first kappa shape index (κ1) is 29.3. The minimum Gasteiger partial charge on any atom is -0.493 e. The zero-order valence-corrected chi connectivity index (χ0v) is 22.1. The van der Waals surface area contributed by atoms with Gasteiger partial charge in [-0.1, -0.05) is 69.0 Å². The number of aryl methyl sites for hydroxylation is 2. The van der Waals surface area contributed by atoms with Crippen LogP contribution in [-0.4, -0.2) is 13.0 Å². The third-order valence-corrected chi connectivity index (χ3v) is 6.69. The average Bonchev–Trinajstić information content (AvgIpc) is 2.90. The van der Waals surface area contributed by atoms with E-state index in [1.165, 1.54) is 54.6 Å². The molecule has 0 saturated carbocycles. The maximum atomic E-state index is 15.3. The van der Waals surface area contributed by atoms with Crippen LogP contribution in [0.5, 0.6) is 11.5 Å². The van der Waals surface area contributed by atoms with E-state index < -0.39 is 23.8 Å². The van der Waals surface area contributed by atoms with E-state index >= 15 is 4.39 Å². The van der Waals surface area contributed by atoms with Crippen molar-refractivity contribution in [2.75, 3.05) is 6.61 Å². The number of ether oxygens (including phenoxy) is 2. The summed E-state index contributed by atoms with van der Waals surface area (Å²) in [6.45, 7) is 2.51. The Morgan fingerprint density at radius 1 is 0.700 bits per heavy atom. The summed E-state index contributed by atoms with van der Waals surface area (Å²) < 4.78 is 91.5. The Balaban J connectivity index is 1.44. The Labute approximate surface area is 229 Å². The van der Waals surface area contributed by atoms with Crippen LogP contribution in [0.25, 0.3) is 21.9 Å². The number of rotatable bonds is 12. The van der Waals surface area contributed by atoms with Gasteiger partial charge < -0.3 is 9.47 Å². The van der Waals surface area contributed by atoms with Crippen LogP contribution in [0.3, 0.4) is 0 Å². The van der Waals surface area contributed by atoms with Gasteiger partial charge in [0.1, 0.15) is 29.0 Å². The van der Waals surface area contributed by atoms with Crippen LogP contribution in [0.4, 0.5) is 26.3 Å². The maximum Gasteiger partial charge on any atom is 0.573 e. The van der Waals surface area contributed by atoms with E-state index in [0.29, 0.717) is 35.8 Å². The van der Waals surface area contributed by atoms with Gasteiger partial charge in [0.15, 0.2) is 0 Å². The molecule has 0 unspecified atom stereocenters. The molecule has 0 aromatic heterocycles. The quantitative estimate of drug-likeness (QED) is 0.127. The summed E-state index contributed by atoms with van der Waals surface area (Å²) in [5.74, 6) is -2.16. The van der Waals surface area contributed by atoms with E-state index in [9.17, 15) is 22.0 Å². The van der Waals surface area contributed by atoms with Gasteiger partial charge in [0, 0.05) is 17.5 Å². The van der Waals surface area contributed by atoms with E-state index in [2.05, 4.69) is 11.7 Å². The highest BCUT2D eigenvalue weighted by molar-refractivity contribution is 5.88. The van der Waals surface area contributed by atoms with Crippen molar-refractivity contribution in [1.29, 1.82) is 0 Å². The zero-order valence-electron chi connectivity index (χ0n) is 22.1. The van der Waals surface area contributed by atoms with E-state index in [1.807, 2.05) is 0 Å². The van der Waals surface area contributed by atoms with Crippen molar-refractivity contribution in [3.05, 3.63) is 95.3 Å². The van der Waals surface area contributed by atoms with Crippen molar-refractivity contribution in [3.63, 3.8) is 0 Å². The van der Waals surface area contributed by atoms with Crippen molar-refractivity contribution in [3.8, 4) is 22.6 Å². The summed E-state index contributed by atoms with van der Waals surface area (Å²) >= 11 is 0. The normalized spacial score (nSPS) is 11.7. The number of benzene rings is 4. The predicted octanol–water partition coefficient (Wildman–Crippen LogP) is 9.96. The summed E-state index contributed by atoms with van der Waals surface area (Å²) in [6.07, 6.45) is 1.14. The Kier molecular flexibility index (Phi) is 9.61. The van der Waals surface area contributed by atoms with Gasteiger partial charge in [-0.2, -0.15) is 0 Å². The fraction of sp³-hybridized carbons (Fsp3) is 0.312. The number of hydrogen-bond donors (Lipinski definition) is 0. The Hall–Kier alpha value is -3.68. The number of alkyl halides is 3. The molecule has 0 spiro atoms. The first-order chi connectivity index (χ1) is 19.1. The summed E-state index contributed by atoms with van der Waals surface area (Å²) in [6, 6.07) is 15.6. The predicted molar refractivity (Wildman–Crippen MR) is 144 cm³/mol. The standard InChI is InChI=1S/C32H30F6O2/c1-2-3-4-5-6-17-39-26-19-28(33)30(29(34)20-26)24-13-16-27-23(18-24)12-11-22(31(27)35)10-7-21-8-14-25(15-9-21)40-32(36,37)38/h8-9,11-16,18-20H,2-7,10,17H2,1H3. The molecule has 0 aliphatic heterocycles. The van der Waals surface area contributed by atoms with Gasteiger partial charge in [0.25, 0.3) is 0 Å². The van der Waals surface area contributed by atoms with Crippen LogP contribution >= 0.6 is 0 Å². The number of fused-ring (bicyclic) bond motifs is 1. The number of hydrogen-bond acceptors (Lipinski definition) is 2. The van der Waals surface area contributed by atoms with Crippen LogP contribution < -0.4 is 9.47 Å². The lowest BCUT2D eigenvalue weighted by Gasteiger charge is -2.12. The molecule has 0 heterocycles. The summed E-state index contributed by atoms with van der Waals surface area (Å²) in [7, 11) is 0. The van der Waals surface area contributed by atoms with E-state index in [1.54, 1.807) is 12.1 Å². The van der Waals surface area contributed by atoms with Crippen molar-refractivity contribution in [1.82, 2.24) is 0 Å². The molecular weight excluding hydrogens is 530 g/mol. The van der Waals surface area contributed by atoms with Crippen LogP contribution in [0, 0.1) is 17.5 Å². The smallest absolute Gasteiger partial charge is 0.493 e. The van der Waals surface area contributed by atoms with Crippen molar-refractivity contribution >= 4 is 10.8 Å². The molecule has 0 atom stereocenters. The highest BCUT2D eigenvalue weighted by Crippen LogP contribution is 2.33. The summed E-state index contributed by atoms with van der Waals surface area (Å²) in [4.78, 5) is 0.